The summed E-state index contributed by atoms with van der Waals surface area (Å²) in [6, 6.07) is 14.3. The first-order valence-corrected chi connectivity index (χ1v) is 8.20. The number of halogens is 1. The van der Waals surface area contributed by atoms with Gasteiger partial charge in [0.1, 0.15) is 0 Å². The molecule has 6 heteroatoms. The van der Waals surface area contributed by atoms with E-state index in [2.05, 4.69) is 20.8 Å². The van der Waals surface area contributed by atoms with E-state index in [9.17, 15) is 8.42 Å². The minimum absolute atomic E-state index is 0.149. The Labute approximate surface area is 126 Å². The van der Waals surface area contributed by atoms with Crippen LogP contribution < -0.4 is 4.89 Å². The van der Waals surface area contributed by atoms with Crippen molar-refractivity contribution in [3.63, 3.8) is 0 Å². The molecule has 0 saturated carbocycles. The Bertz CT molecular complexity index is 687. The van der Waals surface area contributed by atoms with Gasteiger partial charge in [-0.1, -0.05) is 41.3 Å². The third-order valence-corrected chi connectivity index (χ3v) is 4.82. The first-order chi connectivity index (χ1) is 9.49. The molecule has 2 rings (SSSR count). The molecule has 106 valence electrons. The van der Waals surface area contributed by atoms with Crippen molar-refractivity contribution in [2.24, 2.45) is 0 Å². The Morgan fingerprint density at radius 3 is 2.50 bits per heavy atom. The van der Waals surface area contributed by atoms with Gasteiger partial charge in [-0.15, -0.1) is 0 Å². The van der Waals surface area contributed by atoms with Crippen LogP contribution in [0, 0.1) is 6.92 Å². The van der Waals surface area contributed by atoms with Crippen molar-refractivity contribution in [2.75, 3.05) is 0 Å². The predicted octanol–water partition coefficient (Wildman–Crippen LogP) is 3.17. The molecule has 0 amide bonds. The molecule has 0 spiro atoms. The maximum Gasteiger partial charge on any atom is 0.263 e. The minimum Gasteiger partial charge on any atom is -0.282 e. The van der Waals surface area contributed by atoms with Crippen LogP contribution in [0.5, 0.6) is 0 Å². The topological polar surface area (TPSA) is 55.4 Å². The van der Waals surface area contributed by atoms with Crippen molar-refractivity contribution in [1.29, 1.82) is 0 Å². The second-order valence-corrected chi connectivity index (χ2v) is 6.76. The zero-order valence-electron chi connectivity index (χ0n) is 10.8. The fourth-order valence-electron chi connectivity index (χ4n) is 1.63. The second-order valence-electron chi connectivity index (χ2n) is 4.29. The van der Waals surface area contributed by atoms with Crippen molar-refractivity contribution < 1.29 is 13.3 Å². The fourth-order valence-corrected chi connectivity index (χ4v) is 3.63. The van der Waals surface area contributed by atoms with Crippen LogP contribution >= 0.6 is 15.9 Å². The van der Waals surface area contributed by atoms with Crippen LogP contribution in [0.2, 0.25) is 0 Å². The zero-order chi connectivity index (χ0) is 14.6. The van der Waals surface area contributed by atoms with Crippen molar-refractivity contribution in [3.05, 3.63) is 64.1 Å². The third-order valence-electron chi connectivity index (χ3n) is 2.63. The fraction of sp³-hybridized carbons (Fsp3) is 0.143. The lowest BCUT2D eigenvalue weighted by Crippen LogP contribution is -2.24. The first kappa shape index (κ1) is 15.2. The van der Waals surface area contributed by atoms with Crippen LogP contribution in [0.1, 0.15) is 11.1 Å². The summed E-state index contributed by atoms with van der Waals surface area (Å²) in [7, 11) is -3.70. The lowest BCUT2D eigenvalue weighted by molar-refractivity contribution is 0.0795. The SMILES string of the molecule is Cc1ccc(S(=O)(=O)NOCc2ccccc2)c(Br)c1. The van der Waals surface area contributed by atoms with E-state index in [1.165, 1.54) is 6.07 Å². The van der Waals surface area contributed by atoms with Crippen LogP contribution in [-0.4, -0.2) is 8.42 Å². The van der Waals surface area contributed by atoms with Gasteiger partial charge in [-0.25, -0.2) is 8.42 Å². The number of aryl methyl sites for hydroxylation is 1. The van der Waals surface area contributed by atoms with Crippen molar-refractivity contribution in [1.82, 2.24) is 4.89 Å². The van der Waals surface area contributed by atoms with Gasteiger partial charge in [0.05, 0.1) is 11.5 Å². The Morgan fingerprint density at radius 2 is 1.85 bits per heavy atom. The van der Waals surface area contributed by atoms with Gasteiger partial charge in [-0.05, 0) is 46.1 Å². The predicted molar refractivity (Wildman–Crippen MR) is 80.4 cm³/mol. The highest BCUT2D eigenvalue weighted by molar-refractivity contribution is 9.10. The molecule has 0 heterocycles. The number of sulfonamides is 1. The molecular weight excluding hydrogens is 342 g/mol. The van der Waals surface area contributed by atoms with E-state index in [1.54, 1.807) is 12.1 Å². The Kier molecular flexibility index (Phi) is 4.93. The maximum absolute atomic E-state index is 12.1. The molecule has 0 aliphatic heterocycles. The Balaban J connectivity index is 2.04. The molecule has 0 aliphatic carbocycles. The van der Waals surface area contributed by atoms with E-state index < -0.39 is 10.0 Å². The van der Waals surface area contributed by atoms with E-state index in [-0.39, 0.29) is 11.5 Å². The molecular formula is C14H14BrNO3S. The lowest BCUT2D eigenvalue weighted by Gasteiger charge is -2.09. The van der Waals surface area contributed by atoms with Gasteiger partial charge in [0, 0.05) is 4.47 Å². The molecule has 0 aliphatic rings. The average Bonchev–Trinajstić information content (AvgIpc) is 2.39. The van der Waals surface area contributed by atoms with Crippen molar-refractivity contribution >= 4 is 26.0 Å². The molecule has 0 radical (unpaired) electrons. The quantitative estimate of drug-likeness (QED) is 0.838. The van der Waals surface area contributed by atoms with Gasteiger partial charge < -0.3 is 0 Å². The largest absolute Gasteiger partial charge is 0.282 e. The van der Waals surface area contributed by atoms with Gasteiger partial charge in [0.15, 0.2) is 0 Å². The van der Waals surface area contributed by atoms with Crippen LogP contribution in [0.25, 0.3) is 0 Å². The molecule has 1 N–H and O–H groups in total. The van der Waals surface area contributed by atoms with Gasteiger partial charge >= 0.3 is 0 Å². The monoisotopic (exact) mass is 355 g/mol. The van der Waals surface area contributed by atoms with E-state index >= 15 is 0 Å². The molecule has 0 unspecified atom stereocenters. The van der Waals surface area contributed by atoms with E-state index in [4.69, 9.17) is 4.84 Å². The number of rotatable bonds is 5. The van der Waals surface area contributed by atoms with Crippen LogP contribution in [-0.2, 0) is 21.5 Å². The van der Waals surface area contributed by atoms with Gasteiger partial charge in [0.2, 0.25) is 0 Å². The summed E-state index contributed by atoms with van der Waals surface area (Å²) in [4.78, 5) is 7.34. The van der Waals surface area contributed by atoms with Crippen LogP contribution in [0.15, 0.2) is 57.9 Å². The standard InChI is InChI=1S/C14H14BrNO3S/c1-11-7-8-14(13(15)9-11)20(17,18)16-19-10-12-5-3-2-4-6-12/h2-9,16H,10H2,1H3. The minimum atomic E-state index is -3.70. The Hall–Kier alpha value is -1.21. The summed E-state index contributed by atoms with van der Waals surface area (Å²) < 4.78 is 24.7. The highest BCUT2D eigenvalue weighted by Crippen LogP contribution is 2.22. The summed E-state index contributed by atoms with van der Waals surface area (Å²) in [6.45, 7) is 2.06. The number of benzene rings is 2. The maximum atomic E-state index is 12.1. The van der Waals surface area contributed by atoms with E-state index in [0.29, 0.717) is 4.47 Å². The summed E-state index contributed by atoms with van der Waals surface area (Å²) >= 11 is 3.25. The Morgan fingerprint density at radius 1 is 1.15 bits per heavy atom. The highest BCUT2D eigenvalue weighted by atomic mass is 79.9. The molecule has 0 atom stereocenters. The van der Waals surface area contributed by atoms with Crippen molar-refractivity contribution in [2.45, 2.75) is 18.4 Å². The highest BCUT2D eigenvalue weighted by Gasteiger charge is 2.17. The summed E-state index contributed by atoms with van der Waals surface area (Å²) in [5, 5.41) is 0. The summed E-state index contributed by atoms with van der Waals surface area (Å²) in [6.07, 6.45) is 0. The number of nitrogens with one attached hydrogen (secondary N) is 1. The molecule has 0 bridgehead atoms. The molecule has 20 heavy (non-hydrogen) atoms. The molecule has 4 nitrogen and oxygen atoms in total. The van der Waals surface area contributed by atoms with Crippen LogP contribution in [0.4, 0.5) is 0 Å². The first-order valence-electron chi connectivity index (χ1n) is 5.93. The third kappa shape index (κ3) is 3.89. The molecule has 0 fully saturated rings. The second kappa shape index (κ2) is 6.49. The van der Waals surface area contributed by atoms with Gasteiger partial charge in [0.25, 0.3) is 10.0 Å². The number of hydrogen-bond donors (Lipinski definition) is 1. The van der Waals surface area contributed by atoms with E-state index in [0.717, 1.165) is 11.1 Å². The van der Waals surface area contributed by atoms with Crippen LogP contribution in [0.3, 0.4) is 0 Å². The normalized spacial score (nSPS) is 11.5. The van der Waals surface area contributed by atoms with Gasteiger partial charge in [-0.2, -0.15) is 0 Å². The van der Waals surface area contributed by atoms with Crippen molar-refractivity contribution in [3.8, 4) is 0 Å². The molecule has 2 aromatic carbocycles. The number of hydrogen-bond acceptors (Lipinski definition) is 3. The summed E-state index contributed by atoms with van der Waals surface area (Å²) in [5.74, 6) is 0. The van der Waals surface area contributed by atoms with Gasteiger partial charge in [-0.3, -0.25) is 4.84 Å². The van der Waals surface area contributed by atoms with E-state index in [1.807, 2.05) is 37.3 Å². The summed E-state index contributed by atoms with van der Waals surface area (Å²) in [5.41, 5.74) is 1.86. The molecule has 2 aromatic rings. The molecule has 0 saturated heterocycles. The average molecular weight is 356 g/mol. The lowest BCUT2D eigenvalue weighted by atomic mass is 10.2. The smallest absolute Gasteiger partial charge is 0.263 e. The zero-order valence-corrected chi connectivity index (χ0v) is 13.2. The molecule has 0 aromatic heterocycles.